The summed E-state index contributed by atoms with van der Waals surface area (Å²) in [6, 6.07) is 0. The zero-order chi connectivity index (χ0) is 10.9. The van der Waals surface area contributed by atoms with E-state index in [-0.39, 0.29) is 10.8 Å². The van der Waals surface area contributed by atoms with Gasteiger partial charge in [-0.05, 0) is 37.3 Å². The number of anilines is 2. The quantitative estimate of drug-likeness (QED) is 0.778. The van der Waals surface area contributed by atoms with Crippen molar-refractivity contribution in [2.75, 3.05) is 11.1 Å². The second kappa shape index (κ2) is 3.85. The van der Waals surface area contributed by atoms with Crippen molar-refractivity contribution in [3.63, 3.8) is 0 Å². The van der Waals surface area contributed by atoms with Crippen molar-refractivity contribution in [3.05, 3.63) is 11.5 Å². The smallest absolute Gasteiger partial charge is 0.224 e. The average molecular weight is 227 g/mol. The van der Waals surface area contributed by atoms with E-state index in [9.17, 15) is 0 Å². The van der Waals surface area contributed by atoms with Crippen molar-refractivity contribution < 1.29 is 0 Å². The summed E-state index contributed by atoms with van der Waals surface area (Å²) in [7, 11) is 0. The van der Waals surface area contributed by atoms with Gasteiger partial charge >= 0.3 is 0 Å². The lowest BCUT2D eigenvalue weighted by Crippen LogP contribution is -2.44. The number of hydrogen-bond acceptors (Lipinski definition) is 4. The summed E-state index contributed by atoms with van der Waals surface area (Å²) in [6.45, 7) is 2.17. The number of hydrogen-bond donors (Lipinski definition) is 2. The highest BCUT2D eigenvalue weighted by atomic mass is 35.5. The van der Waals surface area contributed by atoms with Crippen molar-refractivity contribution in [3.8, 4) is 0 Å². The van der Waals surface area contributed by atoms with Crippen molar-refractivity contribution in [2.24, 2.45) is 0 Å². The molecule has 1 aliphatic carbocycles. The first-order chi connectivity index (χ1) is 7.15. The predicted octanol–water partition coefficient (Wildman–Crippen LogP) is 2.46. The van der Waals surface area contributed by atoms with Gasteiger partial charge in [0.05, 0.1) is 11.9 Å². The molecule has 0 aromatic carbocycles. The maximum absolute atomic E-state index is 5.78. The Labute approximate surface area is 94.2 Å². The Kier molecular flexibility index (Phi) is 2.69. The van der Waals surface area contributed by atoms with E-state index in [2.05, 4.69) is 22.2 Å². The van der Waals surface area contributed by atoms with Gasteiger partial charge in [0.1, 0.15) is 0 Å². The van der Waals surface area contributed by atoms with E-state index in [1.54, 1.807) is 6.20 Å². The molecule has 1 saturated carbocycles. The molecule has 0 radical (unpaired) electrons. The van der Waals surface area contributed by atoms with Crippen LogP contribution in [0.25, 0.3) is 0 Å². The summed E-state index contributed by atoms with van der Waals surface area (Å²) in [6.07, 6.45) is 6.22. The van der Waals surface area contributed by atoms with E-state index in [0.717, 1.165) is 6.42 Å². The summed E-state index contributed by atoms with van der Waals surface area (Å²) in [5, 5.41) is 3.62. The topological polar surface area (TPSA) is 63.8 Å². The monoisotopic (exact) mass is 226 g/mol. The zero-order valence-corrected chi connectivity index (χ0v) is 9.51. The van der Waals surface area contributed by atoms with Gasteiger partial charge in [0, 0.05) is 5.54 Å². The van der Waals surface area contributed by atoms with Gasteiger partial charge < -0.3 is 11.1 Å². The normalized spacial score (nSPS) is 18.3. The molecule has 1 aliphatic rings. The second-order valence-corrected chi connectivity index (χ2v) is 4.39. The summed E-state index contributed by atoms with van der Waals surface area (Å²) in [5.74, 6) is 0.663. The van der Waals surface area contributed by atoms with Gasteiger partial charge in [-0.2, -0.15) is 4.98 Å². The first-order valence-electron chi connectivity index (χ1n) is 5.21. The van der Waals surface area contributed by atoms with E-state index < -0.39 is 0 Å². The lowest BCUT2D eigenvalue weighted by molar-refractivity contribution is 0.269. The predicted molar refractivity (Wildman–Crippen MR) is 62.0 cm³/mol. The molecule has 5 heteroatoms. The maximum atomic E-state index is 5.78. The Balaban J connectivity index is 2.19. The molecule has 0 bridgehead atoms. The van der Waals surface area contributed by atoms with E-state index in [0.29, 0.717) is 11.5 Å². The van der Waals surface area contributed by atoms with E-state index >= 15 is 0 Å². The molecule has 0 atom stereocenters. The molecule has 0 aliphatic heterocycles. The van der Waals surface area contributed by atoms with Gasteiger partial charge in [0.15, 0.2) is 5.82 Å². The minimum atomic E-state index is 0.172. The van der Waals surface area contributed by atoms with E-state index in [1.165, 1.54) is 19.3 Å². The lowest BCUT2D eigenvalue weighted by Gasteiger charge is -2.42. The molecule has 3 N–H and O–H groups in total. The molecule has 0 spiro atoms. The molecule has 1 aromatic rings. The third-order valence-corrected chi connectivity index (χ3v) is 3.34. The molecule has 0 saturated heterocycles. The first-order valence-corrected chi connectivity index (χ1v) is 5.59. The fourth-order valence-corrected chi connectivity index (χ4v) is 2.02. The van der Waals surface area contributed by atoms with Gasteiger partial charge in [-0.3, -0.25) is 0 Å². The van der Waals surface area contributed by atoms with Gasteiger partial charge in [0.2, 0.25) is 5.28 Å². The van der Waals surface area contributed by atoms with Gasteiger partial charge in [-0.1, -0.05) is 6.92 Å². The molecule has 82 valence electrons. The molecular formula is C10H15ClN4. The first kappa shape index (κ1) is 10.5. The van der Waals surface area contributed by atoms with Crippen LogP contribution in [0.15, 0.2) is 6.20 Å². The number of nitrogen functional groups attached to an aromatic ring is 1. The Morgan fingerprint density at radius 1 is 1.60 bits per heavy atom. The van der Waals surface area contributed by atoms with Crippen LogP contribution in [0.2, 0.25) is 5.28 Å². The number of rotatable bonds is 3. The average Bonchev–Trinajstić information content (AvgIpc) is 2.17. The molecule has 0 amide bonds. The third-order valence-electron chi connectivity index (χ3n) is 3.16. The number of aromatic nitrogens is 2. The summed E-state index contributed by atoms with van der Waals surface area (Å²) < 4.78 is 0. The van der Waals surface area contributed by atoms with Crippen molar-refractivity contribution >= 4 is 23.1 Å². The molecule has 0 unspecified atom stereocenters. The Bertz CT molecular complexity index is 357. The van der Waals surface area contributed by atoms with Crippen LogP contribution < -0.4 is 11.1 Å². The molecule has 1 heterocycles. The highest BCUT2D eigenvalue weighted by Gasteiger charge is 2.35. The van der Waals surface area contributed by atoms with Crippen LogP contribution >= 0.6 is 11.6 Å². The SMILES string of the molecule is CCC1(Nc2nc(Cl)ncc2N)CCC1. The van der Waals surface area contributed by atoms with Crippen molar-refractivity contribution in [1.82, 2.24) is 9.97 Å². The minimum Gasteiger partial charge on any atom is -0.394 e. The Hall–Kier alpha value is -1.03. The van der Waals surface area contributed by atoms with Crippen molar-refractivity contribution in [1.29, 1.82) is 0 Å². The number of nitrogens with one attached hydrogen (secondary N) is 1. The molecule has 1 aromatic heterocycles. The van der Waals surface area contributed by atoms with Crippen LogP contribution in [0.3, 0.4) is 0 Å². The summed E-state index contributed by atoms with van der Waals surface area (Å²) >= 11 is 5.73. The Morgan fingerprint density at radius 2 is 2.33 bits per heavy atom. The molecular weight excluding hydrogens is 212 g/mol. The standard InChI is InChI=1S/C10H15ClN4/c1-2-10(4-3-5-10)15-8-7(12)6-13-9(11)14-8/h6H,2-5,12H2,1H3,(H,13,14,15). The Morgan fingerprint density at radius 3 is 2.87 bits per heavy atom. The number of nitrogens with two attached hydrogens (primary N) is 1. The fourth-order valence-electron chi connectivity index (χ4n) is 1.89. The summed E-state index contributed by atoms with van der Waals surface area (Å²) in [4.78, 5) is 7.93. The van der Waals surface area contributed by atoms with Crippen LogP contribution in [-0.2, 0) is 0 Å². The van der Waals surface area contributed by atoms with E-state index in [1.807, 2.05) is 0 Å². The summed E-state index contributed by atoms with van der Waals surface area (Å²) in [5.41, 5.74) is 6.51. The van der Waals surface area contributed by atoms with Crippen LogP contribution in [0.1, 0.15) is 32.6 Å². The van der Waals surface area contributed by atoms with Crippen LogP contribution in [0, 0.1) is 0 Å². The maximum Gasteiger partial charge on any atom is 0.224 e. The minimum absolute atomic E-state index is 0.172. The molecule has 15 heavy (non-hydrogen) atoms. The second-order valence-electron chi connectivity index (χ2n) is 4.06. The van der Waals surface area contributed by atoms with Crippen LogP contribution in [-0.4, -0.2) is 15.5 Å². The number of nitrogens with zero attached hydrogens (tertiary/aromatic N) is 2. The van der Waals surface area contributed by atoms with Crippen LogP contribution in [0.4, 0.5) is 11.5 Å². The fraction of sp³-hybridized carbons (Fsp3) is 0.600. The van der Waals surface area contributed by atoms with Gasteiger partial charge in [0.25, 0.3) is 0 Å². The van der Waals surface area contributed by atoms with Gasteiger partial charge in [-0.15, -0.1) is 0 Å². The van der Waals surface area contributed by atoms with E-state index in [4.69, 9.17) is 17.3 Å². The van der Waals surface area contributed by atoms with Gasteiger partial charge in [-0.25, -0.2) is 4.98 Å². The molecule has 2 rings (SSSR count). The molecule has 1 fully saturated rings. The lowest BCUT2D eigenvalue weighted by atomic mass is 9.75. The molecule has 4 nitrogen and oxygen atoms in total. The largest absolute Gasteiger partial charge is 0.394 e. The highest BCUT2D eigenvalue weighted by Crippen LogP contribution is 2.38. The van der Waals surface area contributed by atoms with Crippen LogP contribution in [0.5, 0.6) is 0 Å². The number of halogens is 1. The zero-order valence-electron chi connectivity index (χ0n) is 8.76. The highest BCUT2D eigenvalue weighted by molar-refractivity contribution is 6.28. The third kappa shape index (κ3) is 2.00. The van der Waals surface area contributed by atoms with Crippen molar-refractivity contribution in [2.45, 2.75) is 38.1 Å².